The predicted molar refractivity (Wildman–Crippen MR) is 130 cm³/mol. The second-order valence-corrected chi connectivity index (χ2v) is 9.64. The quantitative estimate of drug-likeness (QED) is 0.127. The summed E-state index contributed by atoms with van der Waals surface area (Å²) in [6.07, 6.45) is 11.2. The first-order chi connectivity index (χ1) is 14.6. The van der Waals surface area contributed by atoms with Gasteiger partial charge in [-0.25, -0.2) is 9.59 Å². The van der Waals surface area contributed by atoms with Crippen LogP contribution in [0.25, 0.3) is 0 Å². The average molecular weight is 437 g/mol. The molecule has 0 spiro atoms. The highest BCUT2D eigenvalue weighted by Crippen LogP contribution is 2.45. The van der Waals surface area contributed by atoms with Crippen molar-refractivity contribution in [3.8, 4) is 0 Å². The molecule has 2 unspecified atom stereocenters. The van der Waals surface area contributed by atoms with E-state index in [1.165, 1.54) is 32.1 Å². The van der Waals surface area contributed by atoms with Crippen LogP contribution in [0, 0.1) is 17.3 Å². The lowest BCUT2D eigenvalue weighted by Crippen LogP contribution is -2.33. The van der Waals surface area contributed by atoms with E-state index in [1.807, 2.05) is 0 Å². The minimum Gasteiger partial charge on any atom is -0.462 e. The number of hydrogen-bond donors (Lipinski definition) is 0. The topological polar surface area (TPSA) is 52.6 Å². The van der Waals surface area contributed by atoms with Crippen molar-refractivity contribution in [1.82, 2.24) is 0 Å². The van der Waals surface area contributed by atoms with E-state index in [-0.39, 0.29) is 11.9 Å². The van der Waals surface area contributed by atoms with Crippen LogP contribution >= 0.6 is 0 Å². The van der Waals surface area contributed by atoms with Crippen LogP contribution in [-0.2, 0) is 19.1 Å². The smallest absolute Gasteiger partial charge is 0.333 e. The maximum atomic E-state index is 11.5. The van der Waals surface area contributed by atoms with Gasteiger partial charge in [0.1, 0.15) is 0 Å². The molecule has 0 saturated carbocycles. The number of ether oxygens (including phenoxy) is 2. The molecule has 4 nitrogen and oxygen atoms in total. The van der Waals surface area contributed by atoms with Crippen molar-refractivity contribution >= 4 is 11.9 Å². The molecule has 31 heavy (non-hydrogen) atoms. The molecule has 0 saturated heterocycles. The predicted octanol–water partition coefficient (Wildman–Crippen LogP) is 7.42. The van der Waals surface area contributed by atoms with Gasteiger partial charge in [-0.3, -0.25) is 0 Å². The molecule has 0 aliphatic carbocycles. The monoisotopic (exact) mass is 436 g/mol. The van der Waals surface area contributed by atoms with Gasteiger partial charge in [0, 0.05) is 11.1 Å². The molecule has 4 heteroatoms. The first kappa shape index (κ1) is 29.4. The Hall–Kier alpha value is -1.58. The maximum absolute atomic E-state index is 11.5. The summed E-state index contributed by atoms with van der Waals surface area (Å²) in [5.74, 6) is 0.758. The zero-order valence-corrected chi connectivity index (χ0v) is 21.2. The van der Waals surface area contributed by atoms with Gasteiger partial charge >= 0.3 is 11.9 Å². The van der Waals surface area contributed by atoms with Gasteiger partial charge in [0.2, 0.25) is 0 Å². The van der Waals surface area contributed by atoms with Gasteiger partial charge in [0.05, 0.1) is 13.2 Å². The van der Waals surface area contributed by atoms with Gasteiger partial charge in [0.15, 0.2) is 0 Å². The van der Waals surface area contributed by atoms with E-state index in [0.29, 0.717) is 41.6 Å². The molecular weight excluding hydrogens is 388 g/mol. The largest absolute Gasteiger partial charge is 0.462 e. The lowest BCUT2D eigenvalue weighted by atomic mass is 9.63. The van der Waals surface area contributed by atoms with E-state index >= 15 is 0 Å². The Bertz CT molecular complexity index is 564. The van der Waals surface area contributed by atoms with Crippen LogP contribution in [-0.4, -0.2) is 25.2 Å². The van der Waals surface area contributed by atoms with Gasteiger partial charge in [-0.05, 0) is 56.8 Å². The third-order valence-corrected chi connectivity index (χ3v) is 6.61. The second kappa shape index (κ2) is 16.1. The standard InChI is InChI=1S/C27H48O4/c1-9-16-24(17-12-10-14-19-30-25(28)21(2)3)27(8,23(6)7)18-13-11-15-20-31-26(29)22(4)5/h23-24H,2,4,9-20H2,1,3,5-8H3. The SMILES string of the molecule is C=C(C)C(=O)OCCCCCC(CCC)C(C)(CCCCCOC(=O)C(=C)C)C(C)C. The molecule has 0 N–H and O–H groups in total. The Morgan fingerprint density at radius 1 is 0.806 bits per heavy atom. The number of hydrogen-bond acceptors (Lipinski definition) is 4. The van der Waals surface area contributed by atoms with Crippen molar-refractivity contribution in [2.75, 3.05) is 13.2 Å². The highest BCUT2D eigenvalue weighted by atomic mass is 16.5. The van der Waals surface area contributed by atoms with Gasteiger partial charge < -0.3 is 9.47 Å². The molecule has 0 aliphatic heterocycles. The molecule has 0 bridgehead atoms. The molecule has 0 amide bonds. The van der Waals surface area contributed by atoms with Crippen molar-refractivity contribution in [3.05, 3.63) is 24.3 Å². The Morgan fingerprint density at radius 3 is 1.71 bits per heavy atom. The highest BCUT2D eigenvalue weighted by Gasteiger charge is 2.35. The Morgan fingerprint density at radius 2 is 1.29 bits per heavy atom. The van der Waals surface area contributed by atoms with Crippen LogP contribution in [0.2, 0.25) is 0 Å². The van der Waals surface area contributed by atoms with E-state index in [1.54, 1.807) is 13.8 Å². The van der Waals surface area contributed by atoms with Gasteiger partial charge in [-0.15, -0.1) is 0 Å². The van der Waals surface area contributed by atoms with Crippen molar-refractivity contribution < 1.29 is 19.1 Å². The van der Waals surface area contributed by atoms with Crippen LogP contribution in [0.5, 0.6) is 0 Å². The van der Waals surface area contributed by atoms with Crippen LogP contribution in [0.1, 0.15) is 106 Å². The van der Waals surface area contributed by atoms with Crippen LogP contribution in [0.3, 0.4) is 0 Å². The van der Waals surface area contributed by atoms with Crippen molar-refractivity contribution in [2.45, 2.75) is 106 Å². The third kappa shape index (κ3) is 12.1. The highest BCUT2D eigenvalue weighted by molar-refractivity contribution is 5.87. The Labute approximate surface area is 191 Å². The molecule has 0 radical (unpaired) electrons. The van der Waals surface area contributed by atoms with Crippen LogP contribution < -0.4 is 0 Å². The zero-order valence-electron chi connectivity index (χ0n) is 21.2. The number of unbranched alkanes of at least 4 members (excludes halogenated alkanes) is 4. The molecule has 0 aromatic carbocycles. The van der Waals surface area contributed by atoms with Gasteiger partial charge in [-0.1, -0.05) is 79.4 Å². The molecule has 2 atom stereocenters. The van der Waals surface area contributed by atoms with Crippen LogP contribution in [0.15, 0.2) is 24.3 Å². The molecular formula is C27H48O4. The maximum Gasteiger partial charge on any atom is 0.333 e. The first-order valence-electron chi connectivity index (χ1n) is 12.2. The fourth-order valence-electron chi connectivity index (χ4n) is 4.15. The fraction of sp³-hybridized carbons (Fsp3) is 0.778. The Balaban J connectivity index is 4.46. The van der Waals surface area contributed by atoms with Crippen molar-refractivity contribution in [2.24, 2.45) is 17.3 Å². The number of rotatable bonds is 18. The van der Waals surface area contributed by atoms with E-state index in [4.69, 9.17) is 9.47 Å². The summed E-state index contributed by atoms with van der Waals surface area (Å²) in [6, 6.07) is 0. The summed E-state index contributed by atoms with van der Waals surface area (Å²) < 4.78 is 10.4. The first-order valence-corrected chi connectivity index (χ1v) is 12.2. The molecule has 0 aliphatic rings. The number of esters is 2. The lowest BCUT2D eigenvalue weighted by molar-refractivity contribution is -0.139. The third-order valence-electron chi connectivity index (χ3n) is 6.61. The van der Waals surface area contributed by atoms with Crippen LogP contribution in [0.4, 0.5) is 0 Å². The minimum atomic E-state index is -0.288. The molecule has 0 heterocycles. The summed E-state index contributed by atoms with van der Waals surface area (Å²) in [4.78, 5) is 22.9. The molecule has 180 valence electrons. The average Bonchev–Trinajstić information content (AvgIpc) is 2.71. The normalized spacial score (nSPS) is 14.0. The molecule has 0 aromatic rings. The minimum absolute atomic E-state index is 0.286. The van der Waals surface area contributed by atoms with E-state index in [9.17, 15) is 9.59 Å². The van der Waals surface area contributed by atoms with E-state index in [2.05, 4.69) is 40.9 Å². The number of carbonyl (C=O) groups is 2. The Kier molecular flexibility index (Phi) is 15.3. The lowest BCUT2D eigenvalue weighted by Gasteiger charge is -2.42. The molecule has 0 aromatic heterocycles. The second-order valence-electron chi connectivity index (χ2n) is 9.64. The summed E-state index contributed by atoms with van der Waals surface area (Å²) in [7, 11) is 0. The molecule has 0 rings (SSSR count). The zero-order chi connectivity index (χ0) is 23.9. The van der Waals surface area contributed by atoms with Crippen molar-refractivity contribution in [3.63, 3.8) is 0 Å². The summed E-state index contributed by atoms with van der Waals surface area (Å²) in [5, 5.41) is 0. The van der Waals surface area contributed by atoms with Gasteiger partial charge in [-0.2, -0.15) is 0 Å². The summed E-state index contributed by atoms with van der Waals surface area (Å²) in [5.41, 5.74) is 1.24. The molecule has 0 fully saturated rings. The summed E-state index contributed by atoms with van der Waals surface area (Å²) in [6.45, 7) is 21.0. The van der Waals surface area contributed by atoms with E-state index < -0.39 is 0 Å². The summed E-state index contributed by atoms with van der Waals surface area (Å²) >= 11 is 0. The van der Waals surface area contributed by atoms with E-state index in [0.717, 1.165) is 32.1 Å². The fourth-order valence-corrected chi connectivity index (χ4v) is 4.15. The van der Waals surface area contributed by atoms with Gasteiger partial charge in [0.25, 0.3) is 0 Å². The number of carbonyl (C=O) groups excluding carboxylic acids is 2. The van der Waals surface area contributed by atoms with Crippen molar-refractivity contribution in [1.29, 1.82) is 0 Å².